The van der Waals surface area contributed by atoms with E-state index in [9.17, 15) is 5.11 Å². The zero-order chi connectivity index (χ0) is 13.4. The molecule has 1 nitrogen and oxygen atoms in total. The van der Waals surface area contributed by atoms with Crippen molar-refractivity contribution in [2.24, 2.45) is 0 Å². The van der Waals surface area contributed by atoms with Crippen molar-refractivity contribution in [1.82, 2.24) is 0 Å². The molecule has 0 radical (unpaired) electrons. The van der Waals surface area contributed by atoms with Crippen molar-refractivity contribution >= 4 is 38.5 Å². The van der Waals surface area contributed by atoms with Crippen molar-refractivity contribution in [3.8, 4) is 0 Å². The fraction of sp³-hybridized carbons (Fsp3) is 0.250. The van der Waals surface area contributed by atoms with Gasteiger partial charge in [-0.1, -0.05) is 40.2 Å². The van der Waals surface area contributed by atoms with Crippen LogP contribution in [0.15, 0.2) is 46.9 Å². The van der Waals surface area contributed by atoms with Crippen LogP contribution in [-0.2, 0) is 6.42 Å². The molecule has 0 heterocycles. The summed E-state index contributed by atoms with van der Waals surface area (Å²) in [4.78, 5) is 0. The van der Waals surface area contributed by atoms with E-state index in [1.165, 1.54) is 11.1 Å². The average molecular weight is 429 g/mol. The molecular formula is C16H14BrIO. The first-order valence-electron chi connectivity index (χ1n) is 6.36. The van der Waals surface area contributed by atoms with Gasteiger partial charge in [-0.05, 0) is 76.2 Å². The molecule has 0 amide bonds. The molecule has 0 saturated carbocycles. The highest BCUT2D eigenvalue weighted by atomic mass is 127. The minimum atomic E-state index is -0.401. The fourth-order valence-corrected chi connectivity index (χ4v) is 3.77. The van der Waals surface area contributed by atoms with Crippen molar-refractivity contribution in [3.05, 3.63) is 67.2 Å². The smallest absolute Gasteiger partial charge is 0.0807 e. The predicted molar refractivity (Wildman–Crippen MR) is 89.3 cm³/mol. The number of aliphatic hydroxyl groups is 1. The van der Waals surface area contributed by atoms with Gasteiger partial charge in [0.15, 0.2) is 0 Å². The van der Waals surface area contributed by atoms with E-state index in [1.807, 2.05) is 12.1 Å². The van der Waals surface area contributed by atoms with Crippen molar-refractivity contribution in [3.63, 3.8) is 0 Å². The molecule has 0 saturated heterocycles. The van der Waals surface area contributed by atoms with E-state index in [2.05, 4.69) is 68.9 Å². The van der Waals surface area contributed by atoms with Gasteiger partial charge in [-0.3, -0.25) is 0 Å². The topological polar surface area (TPSA) is 20.2 Å². The van der Waals surface area contributed by atoms with Crippen LogP contribution < -0.4 is 0 Å². The number of fused-ring (bicyclic) bond motifs is 1. The molecule has 0 aromatic heterocycles. The molecule has 0 fully saturated rings. The summed E-state index contributed by atoms with van der Waals surface area (Å²) in [6, 6.07) is 14.6. The Labute approximate surface area is 135 Å². The maximum Gasteiger partial charge on any atom is 0.0807 e. The Balaban J connectivity index is 1.76. The lowest BCUT2D eigenvalue weighted by molar-refractivity contribution is 0.153. The second kappa shape index (κ2) is 5.54. The van der Waals surface area contributed by atoms with Gasteiger partial charge in [0.2, 0.25) is 0 Å². The van der Waals surface area contributed by atoms with Crippen LogP contribution in [0.2, 0.25) is 0 Å². The summed E-state index contributed by atoms with van der Waals surface area (Å²) >= 11 is 5.81. The van der Waals surface area contributed by atoms with Gasteiger partial charge in [0.1, 0.15) is 0 Å². The lowest BCUT2D eigenvalue weighted by atomic mass is 9.74. The van der Waals surface area contributed by atoms with Gasteiger partial charge in [0.05, 0.1) is 6.10 Å². The summed E-state index contributed by atoms with van der Waals surface area (Å²) in [5, 5.41) is 10.5. The maximum atomic E-state index is 10.5. The largest absolute Gasteiger partial charge is 0.388 e. The molecule has 2 unspecified atom stereocenters. The first-order chi connectivity index (χ1) is 9.15. The lowest BCUT2D eigenvalue weighted by Crippen LogP contribution is -2.19. The molecular weight excluding hydrogens is 415 g/mol. The summed E-state index contributed by atoms with van der Waals surface area (Å²) in [6.45, 7) is 0. The molecule has 0 bridgehead atoms. The average Bonchev–Trinajstić information content (AvgIpc) is 2.38. The third-order valence-corrected chi connectivity index (χ3v) is 5.18. The van der Waals surface area contributed by atoms with Gasteiger partial charge in [-0.25, -0.2) is 0 Å². The van der Waals surface area contributed by atoms with E-state index in [0.717, 1.165) is 26.4 Å². The van der Waals surface area contributed by atoms with Crippen LogP contribution in [0.5, 0.6) is 0 Å². The van der Waals surface area contributed by atoms with E-state index < -0.39 is 6.10 Å². The number of aliphatic hydroxyl groups excluding tert-OH is 1. The molecule has 0 spiro atoms. The molecule has 98 valence electrons. The van der Waals surface area contributed by atoms with E-state index in [1.54, 1.807) is 0 Å². The molecule has 3 rings (SSSR count). The SMILES string of the molecule is OC(CC1Cc2ccccc21)c1cc(I)ccc1Br. The normalized spacial score (nSPS) is 18.6. The van der Waals surface area contributed by atoms with Gasteiger partial charge in [-0.2, -0.15) is 0 Å². The van der Waals surface area contributed by atoms with E-state index >= 15 is 0 Å². The highest BCUT2D eigenvalue weighted by molar-refractivity contribution is 14.1. The number of hydrogen-bond acceptors (Lipinski definition) is 1. The second-order valence-corrected chi connectivity index (χ2v) is 7.12. The lowest BCUT2D eigenvalue weighted by Gasteiger charge is -2.32. The number of halogens is 2. The molecule has 1 aliphatic rings. The molecule has 2 aromatic rings. The third-order valence-electron chi connectivity index (χ3n) is 3.79. The van der Waals surface area contributed by atoms with Gasteiger partial charge in [0, 0.05) is 8.04 Å². The van der Waals surface area contributed by atoms with E-state index in [4.69, 9.17) is 0 Å². The summed E-state index contributed by atoms with van der Waals surface area (Å²) in [5.74, 6) is 0.496. The summed E-state index contributed by atoms with van der Waals surface area (Å²) in [7, 11) is 0. The Morgan fingerprint density at radius 1 is 1.26 bits per heavy atom. The van der Waals surface area contributed by atoms with Crippen LogP contribution in [0, 0.1) is 3.57 Å². The van der Waals surface area contributed by atoms with Crippen molar-refractivity contribution in [2.45, 2.75) is 24.9 Å². The monoisotopic (exact) mass is 428 g/mol. The fourth-order valence-electron chi connectivity index (χ4n) is 2.74. The second-order valence-electron chi connectivity index (χ2n) is 5.02. The van der Waals surface area contributed by atoms with Gasteiger partial charge >= 0.3 is 0 Å². The summed E-state index contributed by atoms with van der Waals surface area (Å²) in [6.07, 6.45) is 1.49. The number of benzene rings is 2. The van der Waals surface area contributed by atoms with Crippen LogP contribution in [0.4, 0.5) is 0 Å². The first-order valence-corrected chi connectivity index (χ1v) is 8.23. The Morgan fingerprint density at radius 3 is 2.84 bits per heavy atom. The Morgan fingerprint density at radius 2 is 2.05 bits per heavy atom. The van der Waals surface area contributed by atoms with Gasteiger partial charge in [-0.15, -0.1) is 0 Å². The first kappa shape index (κ1) is 13.6. The highest BCUT2D eigenvalue weighted by Crippen LogP contribution is 2.41. The molecule has 0 aliphatic heterocycles. The van der Waals surface area contributed by atoms with E-state index in [0.29, 0.717) is 5.92 Å². The predicted octanol–water partition coefficient (Wildman–Crippen LogP) is 4.82. The van der Waals surface area contributed by atoms with Crippen molar-refractivity contribution < 1.29 is 5.11 Å². The Hall–Kier alpha value is -0.390. The summed E-state index contributed by atoms with van der Waals surface area (Å²) in [5.41, 5.74) is 3.83. The van der Waals surface area contributed by atoms with Crippen molar-refractivity contribution in [1.29, 1.82) is 0 Å². The molecule has 1 N–H and O–H groups in total. The highest BCUT2D eigenvalue weighted by Gasteiger charge is 2.28. The standard InChI is InChI=1S/C16H14BrIO/c17-15-6-5-12(18)9-14(15)16(19)8-11-7-10-3-1-2-4-13(10)11/h1-6,9,11,16,19H,7-8H2. The maximum absolute atomic E-state index is 10.5. The van der Waals surface area contributed by atoms with Crippen LogP contribution in [-0.4, -0.2) is 5.11 Å². The molecule has 2 aromatic carbocycles. The number of hydrogen-bond donors (Lipinski definition) is 1. The molecule has 1 aliphatic carbocycles. The van der Waals surface area contributed by atoms with E-state index in [-0.39, 0.29) is 0 Å². The minimum absolute atomic E-state index is 0.401. The zero-order valence-corrected chi connectivity index (χ0v) is 14.1. The van der Waals surface area contributed by atoms with Crippen LogP contribution in [0.1, 0.15) is 35.1 Å². The van der Waals surface area contributed by atoms with Crippen LogP contribution in [0.25, 0.3) is 0 Å². The van der Waals surface area contributed by atoms with Gasteiger partial charge < -0.3 is 5.11 Å². The quantitative estimate of drug-likeness (QED) is 0.695. The Kier molecular flexibility index (Phi) is 3.96. The zero-order valence-electron chi connectivity index (χ0n) is 10.3. The van der Waals surface area contributed by atoms with Crippen molar-refractivity contribution in [2.75, 3.05) is 0 Å². The third kappa shape index (κ3) is 2.73. The summed E-state index contributed by atoms with van der Waals surface area (Å²) < 4.78 is 2.15. The molecule has 19 heavy (non-hydrogen) atoms. The molecule has 3 heteroatoms. The molecule has 2 atom stereocenters. The van der Waals surface area contributed by atoms with Crippen LogP contribution in [0.3, 0.4) is 0 Å². The Bertz CT molecular complexity index is 611. The number of rotatable bonds is 3. The van der Waals surface area contributed by atoms with Gasteiger partial charge in [0.25, 0.3) is 0 Å². The van der Waals surface area contributed by atoms with Crippen LogP contribution >= 0.6 is 38.5 Å². The minimum Gasteiger partial charge on any atom is -0.388 e.